The molecule has 0 fully saturated rings. The summed E-state index contributed by atoms with van der Waals surface area (Å²) in [6.45, 7) is 5.34. The summed E-state index contributed by atoms with van der Waals surface area (Å²) in [5.74, 6) is -0.594. The van der Waals surface area contributed by atoms with Crippen molar-refractivity contribution in [3.63, 3.8) is 0 Å². The zero-order valence-corrected chi connectivity index (χ0v) is 17.8. The van der Waals surface area contributed by atoms with Crippen LogP contribution in [0.15, 0.2) is 52.3 Å². The van der Waals surface area contributed by atoms with Crippen LogP contribution in [0.3, 0.4) is 0 Å². The monoisotopic (exact) mass is 429 g/mol. The highest BCUT2D eigenvalue weighted by atomic mass is 32.2. The van der Waals surface area contributed by atoms with E-state index >= 15 is 0 Å². The summed E-state index contributed by atoms with van der Waals surface area (Å²) in [6, 6.07) is 9.69. The van der Waals surface area contributed by atoms with E-state index in [9.17, 15) is 18.0 Å². The van der Waals surface area contributed by atoms with Gasteiger partial charge in [-0.3, -0.25) is 14.0 Å². The van der Waals surface area contributed by atoms with E-state index in [-0.39, 0.29) is 30.0 Å². The molecule has 0 aliphatic carbocycles. The quantitative estimate of drug-likeness (QED) is 0.576. The predicted molar refractivity (Wildman–Crippen MR) is 112 cm³/mol. The van der Waals surface area contributed by atoms with E-state index in [1.165, 1.54) is 16.5 Å². The van der Waals surface area contributed by atoms with Gasteiger partial charge in [0.25, 0.3) is 5.56 Å². The summed E-state index contributed by atoms with van der Waals surface area (Å²) in [6.07, 6.45) is 1.54. The minimum Gasteiger partial charge on any atom is -0.459 e. The average Bonchev–Trinajstić information content (AvgIpc) is 2.69. The Hall–Kier alpha value is -3.04. The molecule has 1 aromatic carbocycles. The van der Waals surface area contributed by atoms with E-state index in [1.807, 2.05) is 26.8 Å². The molecular formula is C21H23N3O5S. The number of aromatic nitrogens is 2. The van der Waals surface area contributed by atoms with E-state index in [4.69, 9.17) is 4.74 Å². The number of sulfonamides is 1. The zero-order chi connectivity index (χ0) is 21.9. The fourth-order valence-corrected chi connectivity index (χ4v) is 3.93. The van der Waals surface area contributed by atoms with Crippen LogP contribution < -0.4 is 10.3 Å². The summed E-state index contributed by atoms with van der Waals surface area (Å²) < 4.78 is 33.6. The molecule has 0 saturated carbocycles. The van der Waals surface area contributed by atoms with Crippen LogP contribution in [0.2, 0.25) is 0 Å². The minimum atomic E-state index is -3.71. The van der Waals surface area contributed by atoms with Gasteiger partial charge < -0.3 is 4.74 Å². The highest BCUT2D eigenvalue weighted by Gasteiger charge is 2.15. The van der Waals surface area contributed by atoms with Gasteiger partial charge in [-0.1, -0.05) is 12.1 Å². The number of carbonyl (C=O) groups excluding carboxylic acids is 1. The van der Waals surface area contributed by atoms with Crippen molar-refractivity contribution in [2.24, 2.45) is 0 Å². The molecule has 0 aliphatic heterocycles. The van der Waals surface area contributed by atoms with Crippen molar-refractivity contribution in [1.82, 2.24) is 14.1 Å². The number of nitrogens with one attached hydrogen (secondary N) is 1. The van der Waals surface area contributed by atoms with Crippen molar-refractivity contribution in [2.75, 3.05) is 6.54 Å². The zero-order valence-electron chi connectivity index (χ0n) is 17.0. The number of hydrogen-bond acceptors (Lipinski definition) is 6. The Bertz CT molecular complexity index is 1270. The molecule has 2 aromatic heterocycles. The van der Waals surface area contributed by atoms with E-state index < -0.39 is 16.0 Å². The van der Waals surface area contributed by atoms with E-state index in [1.54, 1.807) is 24.4 Å². The van der Waals surface area contributed by atoms with Gasteiger partial charge in [0.2, 0.25) is 10.0 Å². The van der Waals surface area contributed by atoms with Crippen LogP contribution >= 0.6 is 0 Å². The van der Waals surface area contributed by atoms with Crippen LogP contribution in [0, 0.1) is 20.8 Å². The normalized spacial score (nSPS) is 11.6. The molecule has 2 heterocycles. The number of esters is 1. The van der Waals surface area contributed by atoms with Crippen molar-refractivity contribution in [1.29, 1.82) is 0 Å². The van der Waals surface area contributed by atoms with Crippen LogP contribution in [0.5, 0.6) is 0 Å². The second-order valence-electron chi connectivity index (χ2n) is 7.07. The predicted octanol–water partition coefficient (Wildman–Crippen LogP) is 2.03. The lowest BCUT2D eigenvalue weighted by Gasteiger charge is -2.09. The van der Waals surface area contributed by atoms with E-state index in [2.05, 4.69) is 9.71 Å². The Morgan fingerprint density at radius 1 is 1.10 bits per heavy atom. The molecule has 0 amide bonds. The molecule has 0 unspecified atom stereocenters. The standard InChI is InChI=1S/C21H23N3O5S/c1-14-4-7-19-23-17(11-20(25)24(19)12-14)13-29-21(26)8-9-22-30(27,28)18-6-5-15(2)16(3)10-18/h4-7,10-12,22H,8-9,13H2,1-3H3. The third-order valence-corrected chi connectivity index (χ3v) is 6.11. The Kier molecular flexibility index (Phi) is 6.33. The summed E-state index contributed by atoms with van der Waals surface area (Å²) >= 11 is 0. The van der Waals surface area contributed by atoms with Crippen molar-refractivity contribution in [3.05, 3.63) is 75.3 Å². The smallest absolute Gasteiger partial charge is 0.307 e. The molecule has 0 atom stereocenters. The molecule has 0 saturated heterocycles. The molecule has 0 spiro atoms. The fraction of sp³-hybridized carbons (Fsp3) is 0.286. The van der Waals surface area contributed by atoms with Crippen LogP contribution in [-0.2, 0) is 26.2 Å². The molecule has 3 aromatic rings. The molecular weight excluding hydrogens is 406 g/mol. The second kappa shape index (κ2) is 8.76. The van der Waals surface area contributed by atoms with Gasteiger partial charge in [-0.05, 0) is 55.7 Å². The summed E-state index contributed by atoms with van der Waals surface area (Å²) in [5.41, 5.74) is 3.30. The lowest BCUT2D eigenvalue weighted by atomic mass is 10.1. The largest absolute Gasteiger partial charge is 0.459 e. The maximum absolute atomic E-state index is 12.3. The SMILES string of the molecule is Cc1ccc2nc(COC(=O)CCNS(=O)(=O)c3ccc(C)c(C)c3)cc(=O)n2c1. The number of rotatable bonds is 7. The number of carbonyl (C=O) groups is 1. The van der Waals surface area contributed by atoms with E-state index in [0.717, 1.165) is 16.7 Å². The molecule has 0 bridgehead atoms. The molecule has 0 aliphatic rings. The van der Waals surface area contributed by atoms with Crippen molar-refractivity contribution < 1.29 is 17.9 Å². The maximum atomic E-state index is 12.3. The number of nitrogens with zero attached hydrogens (tertiary/aromatic N) is 2. The third-order valence-electron chi connectivity index (χ3n) is 4.65. The second-order valence-corrected chi connectivity index (χ2v) is 8.84. The van der Waals surface area contributed by atoms with Gasteiger partial charge >= 0.3 is 5.97 Å². The summed E-state index contributed by atoms with van der Waals surface area (Å²) in [4.78, 5) is 28.6. The fourth-order valence-electron chi connectivity index (χ4n) is 2.81. The number of pyridine rings is 1. The molecule has 3 rings (SSSR count). The molecule has 0 radical (unpaired) electrons. The third kappa shape index (κ3) is 5.11. The van der Waals surface area contributed by atoms with Crippen LogP contribution in [0.4, 0.5) is 0 Å². The first kappa shape index (κ1) is 21.7. The number of ether oxygens (including phenoxy) is 1. The molecule has 9 heteroatoms. The molecule has 1 N–H and O–H groups in total. The van der Waals surface area contributed by atoms with Gasteiger partial charge in [0.1, 0.15) is 12.3 Å². The van der Waals surface area contributed by atoms with E-state index in [0.29, 0.717) is 11.3 Å². The lowest BCUT2D eigenvalue weighted by Crippen LogP contribution is -2.27. The topological polar surface area (TPSA) is 107 Å². The Morgan fingerprint density at radius 3 is 2.60 bits per heavy atom. The van der Waals surface area contributed by atoms with Crippen molar-refractivity contribution in [3.8, 4) is 0 Å². The average molecular weight is 429 g/mol. The number of aryl methyl sites for hydroxylation is 3. The minimum absolute atomic E-state index is 0.0961. The van der Waals surface area contributed by atoms with Gasteiger partial charge in [0.15, 0.2) is 0 Å². The van der Waals surface area contributed by atoms with Crippen LogP contribution in [0.1, 0.15) is 28.8 Å². The molecule has 30 heavy (non-hydrogen) atoms. The van der Waals surface area contributed by atoms with Gasteiger partial charge in [-0.15, -0.1) is 0 Å². The number of benzene rings is 1. The lowest BCUT2D eigenvalue weighted by molar-refractivity contribution is -0.144. The Balaban J connectivity index is 1.55. The van der Waals surface area contributed by atoms with Crippen molar-refractivity contribution in [2.45, 2.75) is 38.7 Å². The first-order valence-electron chi connectivity index (χ1n) is 9.37. The van der Waals surface area contributed by atoms with Crippen molar-refractivity contribution >= 4 is 21.6 Å². The maximum Gasteiger partial charge on any atom is 0.307 e. The summed E-state index contributed by atoms with van der Waals surface area (Å²) in [5, 5.41) is 0. The Labute approximate surface area is 174 Å². The molecule has 8 nitrogen and oxygen atoms in total. The highest BCUT2D eigenvalue weighted by molar-refractivity contribution is 7.89. The van der Waals surface area contributed by atoms with Crippen LogP contribution in [-0.4, -0.2) is 30.3 Å². The van der Waals surface area contributed by atoms with Gasteiger partial charge in [-0.25, -0.2) is 18.1 Å². The summed E-state index contributed by atoms with van der Waals surface area (Å²) in [7, 11) is -3.71. The first-order valence-corrected chi connectivity index (χ1v) is 10.9. The number of fused-ring (bicyclic) bond motifs is 1. The van der Waals surface area contributed by atoms with Gasteiger partial charge in [-0.2, -0.15) is 0 Å². The van der Waals surface area contributed by atoms with Gasteiger partial charge in [0, 0.05) is 18.8 Å². The highest BCUT2D eigenvalue weighted by Crippen LogP contribution is 2.14. The molecule has 158 valence electrons. The van der Waals surface area contributed by atoms with Gasteiger partial charge in [0.05, 0.1) is 17.0 Å². The Morgan fingerprint density at radius 2 is 1.87 bits per heavy atom. The number of hydrogen-bond donors (Lipinski definition) is 1. The first-order chi connectivity index (χ1) is 14.2. The van der Waals surface area contributed by atoms with Crippen LogP contribution in [0.25, 0.3) is 5.65 Å².